The topological polar surface area (TPSA) is 38.7 Å². The number of ether oxygens (including phenoxy) is 1. The minimum atomic E-state index is -0.285. The lowest BCUT2D eigenvalue weighted by Gasteiger charge is -2.14. The van der Waals surface area contributed by atoms with Gasteiger partial charge in [-0.25, -0.2) is 4.79 Å². The molecule has 0 aliphatic carbocycles. The number of carbonyl (C=O) groups excluding carboxylic acids is 1. The number of aliphatic imine (C=N–C) groups is 1. The van der Waals surface area contributed by atoms with Crippen molar-refractivity contribution in [3.8, 4) is 0 Å². The van der Waals surface area contributed by atoms with Crippen molar-refractivity contribution in [1.29, 1.82) is 0 Å². The fourth-order valence-corrected chi connectivity index (χ4v) is 1.65. The molecule has 0 N–H and O–H groups in total. The molecule has 1 aromatic carbocycles. The van der Waals surface area contributed by atoms with Gasteiger partial charge in [-0.15, -0.1) is 0 Å². The molecule has 1 aliphatic heterocycles. The van der Waals surface area contributed by atoms with Crippen molar-refractivity contribution in [3.05, 3.63) is 35.4 Å². The first kappa shape index (κ1) is 9.90. The van der Waals surface area contributed by atoms with Crippen LogP contribution in [0.4, 0.5) is 0 Å². The molecule has 2 rings (SSSR count). The smallest absolute Gasteiger partial charge is 0.352 e. The predicted molar refractivity (Wildman–Crippen MR) is 57.9 cm³/mol. The first-order valence-electron chi connectivity index (χ1n) is 5.08. The van der Waals surface area contributed by atoms with E-state index in [1.807, 2.05) is 24.3 Å². The average molecular weight is 203 g/mol. The van der Waals surface area contributed by atoms with Crippen LogP contribution in [-0.4, -0.2) is 18.3 Å². The third kappa shape index (κ3) is 2.06. The van der Waals surface area contributed by atoms with Gasteiger partial charge < -0.3 is 4.74 Å². The lowest BCUT2D eigenvalue weighted by atomic mass is 9.99. The molecule has 0 unspecified atom stereocenters. The van der Waals surface area contributed by atoms with Crippen molar-refractivity contribution in [2.45, 2.75) is 19.9 Å². The Hall–Kier alpha value is -1.64. The summed E-state index contributed by atoms with van der Waals surface area (Å²) >= 11 is 0. The van der Waals surface area contributed by atoms with E-state index in [0.29, 0.717) is 25.3 Å². The molecule has 0 aromatic heterocycles. The number of nitrogens with zero attached hydrogens (tertiary/aromatic N) is 1. The van der Waals surface area contributed by atoms with E-state index in [4.69, 9.17) is 4.74 Å². The number of esters is 1. The second kappa shape index (κ2) is 4.26. The molecule has 1 aliphatic rings. The van der Waals surface area contributed by atoms with Crippen LogP contribution in [0.1, 0.15) is 18.1 Å². The number of fused-ring (bicyclic) bond motifs is 1. The van der Waals surface area contributed by atoms with Crippen molar-refractivity contribution in [2.24, 2.45) is 4.99 Å². The van der Waals surface area contributed by atoms with E-state index in [-0.39, 0.29) is 5.97 Å². The molecule has 0 amide bonds. The maximum absolute atomic E-state index is 11.5. The minimum Gasteiger partial charge on any atom is -0.462 e. The number of rotatable bonds is 2. The zero-order valence-electron chi connectivity index (χ0n) is 8.69. The molecule has 0 saturated carbocycles. The molecule has 15 heavy (non-hydrogen) atoms. The Labute approximate surface area is 88.8 Å². The van der Waals surface area contributed by atoms with Gasteiger partial charge in [-0.2, -0.15) is 0 Å². The minimum absolute atomic E-state index is 0.285. The van der Waals surface area contributed by atoms with E-state index in [1.165, 1.54) is 11.1 Å². The van der Waals surface area contributed by atoms with Crippen LogP contribution in [0.2, 0.25) is 0 Å². The van der Waals surface area contributed by atoms with Crippen molar-refractivity contribution in [2.75, 3.05) is 6.61 Å². The van der Waals surface area contributed by atoms with Crippen LogP contribution in [0.25, 0.3) is 0 Å². The Morgan fingerprint density at radius 3 is 2.87 bits per heavy atom. The highest BCUT2D eigenvalue weighted by Gasteiger charge is 2.18. The lowest BCUT2D eigenvalue weighted by molar-refractivity contribution is -0.135. The highest BCUT2D eigenvalue weighted by Crippen LogP contribution is 2.16. The molecule has 0 fully saturated rings. The SMILES string of the molecule is CCOC(=O)C1=NCc2ccccc2C1. The lowest BCUT2D eigenvalue weighted by Crippen LogP contribution is -2.23. The van der Waals surface area contributed by atoms with Crippen LogP contribution in [0.15, 0.2) is 29.3 Å². The van der Waals surface area contributed by atoms with E-state index in [1.54, 1.807) is 6.92 Å². The van der Waals surface area contributed by atoms with E-state index >= 15 is 0 Å². The second-order valence-electron chi connectivity index (χ2n) is 3.43. The Morgan fingerprint density at radius 1 is 1.40 bits per heavy atom. The van der Waals surface area contributed by atoms with Gasteiger partial charge >= 0.3 is 5.97 Å². The molecule has 3 nitrogen and oxygen atoms in total. The largest absolute Gasteiger partial charge is 0.462 e. The molecule has 0 spiro atoms. The molecule has 78 valence electrons. The summed E-state index contributed by atoms with van der Waals surface area (Å²) in [6.45, 7) is 2.79. The van der Waals surface area contributed by atoms with Crippen LogP contribution in [-0.2, 0) is 22.5 Å². The fourth-order valence-electron chi connectivity index (χ4n) is 1.65. The Balaban J connectivity index is 2.16. The normalized spacial score (nSPS) is 14.1. The second-order valence-corrected chi connectivity index (χ2v) is 3.43. The van der Waals surface area contributed by atoms with Crippen molar-refractivity contribution in [3.63, 3.8) is 0 Å². The first-order chi connectivity index (χ1) is 7.31. The van der Waals surface area contributed by atoms with Gasteiger partial charge in [0.2, 0.25) is 0 Å². The highest BCUT2D eigenvalue weighted by molar-refractivity contribution is 6.37. The Kier molecular flexibility index (Phi) is 2.81. The van der Waals surface area contributed by atoms with Crippen LogP contribution >= 0.6 is 0 Å². The summed E-state index contributed by atoms with van der Waals surface area (Å²) in [5, 5.41) is 0. The van der Waals surface area contributed by atoms with Crippen molar-refractivity contribution in [1.82, 2.24) is 0 Å². The van der Waals surface area contributed by atoms with Crippen LogP contribution in [0.5, 0.6) is 0 Å². The summed E-state index contributed by atoms with van der Waals surface area (Å²) in [4.78, 5) is 15.7. The monoisotopic (exact) mass is 203 g/mol. The molecule has 1 heterocycles. The summed E-state index contributed by atoms with van der Waals surface area (Å²) in [5.41, 5.74) is 2.91. The van der Waals surface area contributed by atoms with E-state index < -0.39 is 0 Å². The van der Waals surface area contributed by atoms with E-state index in [2.05, 4.69) is 4.99 Å². The maximum Gasteiger partial charge on any atom is 0.352 e. The van der Waals surface area contributed by atoms with Gasteiger partial charge in [0, 0.05) is 6.42 Å². The van der Waals surface area contributed by atoms with Gasteiger partial charge in [-0.3, -0.25) is 4.99 Å². The van der Waals surface area contributed by atoms with Crippen LogP contribution in [0, 0.1) is 0 Å². The average Bonchev–Trinajstić information content (AvgIpc) is 2.29. The van der Waals surface area contributed by atoms with Crippen LogP contribution in [0.3, 0.4) is 0 Å². The number of carbonyl (C=O) groups is 1. The highest BCUT2D eigenvalue weighted by atomic mass is 16.5. The molecule has 0 radical (unpaired) electrons. The van der Waals surface area contributed by atoms with E-state index in [0.717, 1.165) is 0 Å². The number of hydrogen-bond donors (Lipinski definition) is 0. The van der Waals surface area contributed by atoms with Gasteiger partial charge in [0.05, 0.1) is 13.2 Å². The zero-order chi connectivity index (χ0) is 10.7. The molecule has 0 bridgehead atoms. The third-order valence-corrected chi connectivity index (χ3v) is 2.43. The summed E-state index contributed by atoms with van der Waals surface area (Å²) in [6, 6.07) is 8.04. The van der Waals surface area contributed by atoms with Gasteiger partial charge in [-0.1, -0.05) is 24.3 Å². The quantitative estimate of drug-likeness (QED) is 0.687. The molecule has 0 atom stereocenters. The van der Waals surface area contributed by atoms with Crippen molar-refractivity contribution < 1.29 is 9.53 Å². The summed E-state index contributed by atoms with van der Waals surface area (Å²) < 4.78 is 4.93. The van der Waals surface area contributed by atoms with Gasteiger partial charge in [0.15, 0.2) is 0 Å². The summed E-state index contributed by atoms with van der Waals surface area (Å²) in [6.07, 6.45) is 0.592. The number of hydrogen-bond acceptors (Lipinski definition) is 3. The maximum atomic E-state index is 11.5. The van der Waals surface area contributed by atoms with Gasteiger partial charge in [0.25, 0.3) is 0 Å². The van der Waals surface area contributed by atoms with E-state index in [9.17, 15) is 4.79 Å². The molecular weight excluding hydrogens is 190 g/mol. The summed E-state index contributed by atoms with van der Waals surface area (Å²) in [7, 11) is 0. The molecule has 0 saturated heterocycles. The van der Waals surface area contributed by atoms with Gasteiger partial charge in [0.1, 0.15) is 5.71 Å². The van der Waals surface area contributed by atoms with Crippen molar-refractivity contribution >= 4 is 11.7 Å². The molecular formula is C12H13NO2. The summed E-state index contributed by atoms with van der Waals surface area (Å²) in [5.74, 6) is -0.285. The zero-order valence-corrected chi connectivity index (χ0v) is 8.69. The number of benzene rings is 1. The Bertz CT molecular complexity index is 410. The standard InChI is InChI=1S/C12H13NO2/c1-2-15-12(14)11-7-9-5-3-4-6-10(9)8-13-11/h3-6H,2,7-8H2,1H3. The van der Waals surface area contributed by atoms with Gasteiger partial charge in [-0.05, 0) is 18.1 Å². The first-order valence-corrected chi connectivity index (χ1v) is 5.08. The molecule has 3 heteroatoms. The third-order valence-electron chi connectivity index (χ3n) is 2.43. The fraction of sp³-hybridized carbons (Fsp3) is 0.333. The predicted octanol–water partition coefficient (Wildman–Crippen LogP) is 1.75. The molecule has 1 aromatic rings. The van der Waals surface area contributed by atoms with Crippen LogP contribution < -0.4 is 0 Å². The Morgan fingerprint density at radius 2 is 2.13 bits per heavy atom.